The van der Waals surface area contributed by atoms with Crippen LogP contribution in [-0.2, 0) is 0 Å². The summed E-state index contributed by atoms with van der Waals surface area (Å²) < 4.78 is 7.27. The largest absolute Gasteiger partial charge is 0.309 e. The third kappa shape index (κ3) is 5.53. The Hall–Kier alpha value is -8.40. The van der Waals surface area contributed by atoms with Crippen LogP contribution in [0.4, 0.5) is 0 Å². The van der Waals surface area contributed by atoms with E-state index in [0.717, 1.165) is 17.1 Å². The predicted molar refractivity (Wildman–Crippen MR) is 266 cm³/mol. The summed E-state index contributed by atoms with van der Waals surface area (Å²) in [5, 5.41) is 7.46. The second-order valence-corrected chi connectivity index (χ2v) is 16.5. The molecule has 3 nitrogen and oxygen atoms in total. The number of nitrogens with zero attached hydrogens (tertiary/aromatic N) is 3. The molecule has 0 saturated carbocycles. The van der Waals surface area contributed by atoms with E-state index in [1.54, 1.807) is 0 Å². The van der Waals surface area contributed by atoms with Gasteiger partial charge in [-0.15, -0.1) is 0 Å². The van der Waals surface area contributed by atoms with Gasteiger partial charge in [0.2, 0.25) is 0 Å². The summed E-state index contributed by atoms with van der Waals surface area (Å²) in [6.07, 6.45) is 0. The Morgan fingerprint density at radius 3 is 1.35 bits per heavy atom. The average molecular weight is 802 g/mol. The van der Waals surface area contributed by atoms with Crippen LogP contribution in [-0.4, -0.2) is 13.7 Å². The van der Waals surface area contributed by atoms with E-state index in [2.05, 4.69) is 250 Å². The fraction of sp³-hybridized carbons (Fsp3) is 0. The van der Waals surface area contributed by atoms with E-state index >= 15 is 0 Å². The first-order valence-corrected chi connectivity index (χ1v) is 21.7. The van der Waals surface area contributed by atoms with Gasteiger partial charge in [-0.3, -0.25) is 0 Å². The van der Waals surface area contributed by atoms with Crippen molar-refractivity contribution in [2.45, 2.75) is 0 Å². The summed E-state index contributed by atoms with van der Waals surface area (Å²) in [5.74, 6) is 0. The number of para-hydroxylation sites is 3. The number of fused-ring (bicyclic) bond motifs is 9. The maximum Gasteiger partial charge on any atom is 0.0561 e. The number of hydrogen-bond acceptors (Lipinski definition) is 0. The summed E-state index contributed by atoms with van der Waals surface area (Å²) >= 11 is 0. The molecule has 0 unspecified atom stereocenters. The normalized spacial score (nSPS) is 11.8. The highest BCUT2D eigenvalue weighted by Crippen LogP contribution is 2.43. The smallest absolute Gasteiger partial charge is 0.0561 e. The van der Waals surface area contributed by atoms with Crippen molar-refractivity contribution in [3.8, 4) is 50.4 Å². The van der Waals surface area contributed by atoms with Gasteiger partial charge in [-0.05, 0) is 112 Å². The van der Waals surface area contributed by atoms with Gasteiger partial charge in [0.05, 0.1) is 33.1 Å². The highest BCUT2D eigenvalue weighted by molar-refractivity contribution is 6.18. The lowest BCUT2D eigenvalue weighted by atomic mass is 9.97. The van der Waals surface area contributed by atoms with Gasteiger partial charge in [-0.2, -0.15) is 0 Å². The maximum atomic E-state index is 2.47. The molecular formula is C60H39N3. The highest BCUT2D eigenvalue weighted by Gasteiger charge is 2.20. The predicted octanol–water partition coefficient (Wildman–Crippen LogP) is 16.0. The van der Waals surface area contributed by atoms with Crippen LogP contribution in [0.3, 0.4) is 0 Å². The number of hydrogen-bond donors (Lipinski definition) is 0. The van der Waals surface area contributed by atoms with Crippen molar-refractivity contribution in [1.82, 2.24) is 13.7 Å². The molecule has 0 amide bonds. The molecule has 0 aliphatic rings. The molecule has 0 aliphatic heterocycles. The van der Waals surface area contributed by atoms with E-state index in [1.807, 2.05) is 0 Å². The van der Waals surface area contributed by atoms with Gasteiger partial charge in [0.1, 0.15) is 0 Å². The van der Waals surface area contributed by atoms with Gasteiger partial charge in [0.15, 0.2) is 0 Å². The SMILES string of the molecule is c1ccc(-c2ccc(-n3c4ccccc4c4cc(-c5ccc6c(c5)c5c(-c7ccccc7)cccc5n6-c5ccc6c7ccccc7n(-c7ccccc7)c6c5)ccc43)cc2)cc1. The Balaban J connectivity index is 1.01. The van der Waals surface area contributed by atoms with E-state index in [0.29, 0.717) is 0 Å². The first-order chi connectivity index (χ1) is 31.3. The molecule has 3 heteroatoms. The molecule has 0 N–H and O–H groups in total. The molecule has 0 saturated heterocycles. The molecule has 13 rings (SSSR count). The zero-order valence-electron chi connectivity index (χ0n) is 34.4. The minimum atomic E-state index is 1.13. The summed E-state index contributed by atoms with van der Waals surface area (Å²) in [5.41, 5.74) is 17.8. The monoisotopic (exact) mass is 801 g/mol. The maximum absolute atomic E-state index is 2.47. The van der Waals surface area contributed by atoms with Crippen molar-refractivity contribution in [2.24, 2.45) is 0 Å². The topological polar surface area (TPSA) is 14.8 Å². The van der Waals surface area contributed by atoms with E-state index in [9.17, 15) is 0 Å². The fourth-order valence-electron chi connectivity index (χ4n) is 10.2. The Labute approximate surface area is 364 Å². The first-order valence-electron chi connectivity index (χ1n) is 21.7. The molecule has 0 spiro atoms. The zero-order valence-corrected chi connectivity index (χ0v) is 34.4. The van der Waals surface area contributed by atoms with Crippen molar-refractivity contribution in [2.75, 3.05) is 0 Å². The number of rotatable bonds is 6. The van der Waals surface area contributed by atoms with Crippen molar-refractivity contribution < 1.29 is 0 Å². The molecule has 0 atom stereocenters. The van der Waals surface area contributed by atoms with Crippen molar-refractivity contribution in [3.63, 3.8) is 0 Å². The summed E-state index contributed by atoms with van der Waals surface area (Å²) in [4.78, 5) is 0. The highest BCUT2D eigenvalue weighted by atomic mass is 15.0. The molecule has 3 heterocycles. The van der Waals surface area contributed by atoms with Crippen LogP contribution in [0.2, 0.25) is 0 Å². The van der Waals surface area contributed by atoms with Crippen LogP contribution >= 0.6 is 0 Å². The Morgan fingerprint density at radius 1 is 0.206 bits per heavy atom. The quantitative estimate of drug-likeness (QED) is 0.159. The minimum absolute atomic E-state index is 1.13. The van der Waals surface area contributed by atoms with Crippen LogP contribution in [0.25, 0.3) is 116 Å². The van der Waals surface area contributed by atoms with E-state index < -0.39 is 0 Å². The van der Waals surface area contributed by atoms with Gasteiger partial charge < -0.3 is 13.7 Å². The standard InChI is InChI=1S/C60H39N3/c1-4-15-40(16-5-1)41-27-31-46(32-28-41)61-55-25-13-11-22-50(55)52-37-43(29-35-56(52)61)44-30-36-57-53(38-44)60-48(42-17-6-2-7-18-42)23-14-26-58(60)63(57)47-33-34-51-49-21-10-12-24-54(49)62(59(51)39-47)45-19-8-3-9-20-45/h1-39H. The summed E-state index contributed by atoms with van der Waals surface area (Å²) in [6.45, 7) is 0. The minimum Gasteiger partial charge on any atom is -0.309 e. The molecule has 0 radical (unpaired) electrons. The third-order valence-corrected chi connectivity index (χ3v) is 13.0. The van der Waals surface area contributed by atoms with Crippen LogP contribution in [0.15, 0.2) is 237 Å². The lowest BCUT2D eigenvalue weighted by Gasteiger charge is -2.12. The van der Waals surface area contributed by atoms with Gasteiger partial charge in [0, 0.05) is 49.4 Å². The molecule has 63 heavy (non-hydrogen) atoms. The first kappa shape index (κ1) is 35.4. The van der Waals surface area contributed by atoms with E-state index in [4.69, 9.17) is 0 Å². The third-order valence-electron chi connectivity index (χ3n) is 13.0. The van der Waals surface area contributed by atoms with Crippen molar-refractivity contribution >= 4 is 65.4 Å². The van der Waals surface area contributed by atoms with E-state index in [-0.39, 0.29) is 0 Å². The lowest BCUT2D eigenvalue weighted by Crippen LogP contribution is -1.97. The van der Waals surface area contributed by atoms with Crippen LogP contribution in [0, 0.1) is 0 Å². The van der Waals surface area contributed by atoms with Crippen molar-refractivity contribution in [1.29, 1.82) is 0 Å². The number of benzene rings is 10. The second kappa shape index (κ2) is 14.1. The summed E-state index contributed by atoms with van der Waals surface area (Å²) in [7, 11) is 0. The molecule has 13 aromatic rings. The fourth-order valence-corrected chi connectivity index (χ4v) is 10.2. The molecule has 0 fully saturated rings. The lowest BCUT2D eigenvalue weighted by molar-refractivity contribution is 1.15. The second-order valence-electron chi connectivity index (χ2n) is 16.5. The van der Waals surface area contributed by atoms with Crippen molar-refractivity contribution in [3.05, 3.63) is 237 Å². The van der Waals surface area contributed by atoms with Gasteiger partial charge >= 0.3 is 0 Å². The Morgan fingerprint density at radius 2 is 0.651 bits per heavy atom. The molecule has 0 bridgehead atoms. The zero-order chi connectivity index (χ0) is 41.4. The van der Waals surface area contributed by atoms with Crippen LogP contribution in [0.1, 0.15) is 0 Å². The molecular weight excluding hydrogens is 763 g/mol. The molecule has 3 aromatic heterocycles. The van der Waals surface area contributed by atoms with Gasteiger partial charge in [-0.1, -0.05) is 158 Å². The van der Waals surface area contributed by atoms with Gasteiger partial charge in [-0.25, -0.2) is 0 Å². The molecule has 0 aliphatic carbocycles. The average Bonchev–Trinajstić information content (AvgIpc) is 4.00. The summed E-state index contributed by atoms with van der Waals surface area (Å²) in [6, 6.07) is 86.4. The Bertz CT molecular complexity index is 3870. The van der Waals surface area contributed by atoms with Gasteiger partial charge in [0.25, 0.3) is 0 Å². The molecule has 10 aromatic carbocycles. The van der Waals surface area contributed by atoms with Crippen LogP contribution < -0.4 is 0 Å². The Kier molecular flexibility index (Phi) is 7.91. The number of aromatic nitrogens is 3. The molecule has 294 valence electrons. The van der Waals surface area contributed by atoms with E-state index in [1.165, 1.54) is 98.8 Å². The van der Waals surface area contributed by atoms with Crippen LogP contribution in [0.5, 0.6) is 0 Å².